The van der Waals surface area contributed by atoms with Gasteiger partial charge >= 0.3 is 0 Å². The van der Waals surface area contributed by atoms with Gasteiger partial charge in [-0.15, -0.1) is 0 Å². The third kappa shape index (κ3) is 3.43. The SMILES string of the molecule is C[C@@H](CO)[C@@H]1CC[C@@]2(CC[C@]3(C)[C@H](CC[C@@H]4[C@@]5(C)CC[C@H](O)[C@@](C)(CO)[C@@H]5CC[C@]43C)[C@H]2O)CO1. The Morgan fingerprint density at radius 2 is 1.54 bits per heavy atom. The topological polar surface area (TPSA) is 90.2 Å². The Morgan fingerprint density at radius 1 is 0.800 bits per heavy atom. The fraction of sp³-hybridized carbons (Fsp3) is 1.00. The lowest BCUT2D eigenvalue weighted by atomic mass is 9.33. The van der Waals surface area contributed by atoms with Crippen molar-refractivity contribution in [2.75, 3.05) is 19.8 Å². The van der Waals surface area contributed by atoms with Crippen molar-refractivity contribution in [1.82, 2.24) is 0 Å². The van der Waals surface area contributed by atoms with Crippen LogP contribution in [0.25, 0.3) is 0 Å². The van der Waals surface area contributed by atoms with Crippen molar-refractivity contribution in [3.05, 3.63) is 0 Å². The number of aliphatic hydroxyl groups excluding tert-OH is 4. The maximum Gasteiger partial charge on any atom is 0.0652 e. The zero-order valence-corrected chi connectivity index (χ0v) is 22.9. The lowest BCUT2D eigenvalue weighted by Crippen LogP contribution is -2.68. The first-order valence-electron chi connectivity index (χ1n) is 14.6. The number of rotatable bonds is 3. The smallest absolute Gasteiger partial charge is 0.0652 e. The molecule has 0 aromatic rings. The number of aliphatic hydroxyl groups is 4. The minimum absolute atomic E-state index is 0.0644. The van der Waals surface area contributed by atoms with Crippen molar-refractivity contribution in [3.63, 3.8) is 0 Å². The molecule has 0 radical (unpaired) electrons. The molecule has 0 aromatic carbocycles. The summed E-state index contributed by atoms with van der Waals surface area (Å²) < 4.78 is 6.30. The summed E-state index contributed by atoms with van der Waals surface area (Å²) in [4.78, 5) is 0. The average molecular weight is 493 g/mol. The molecule has 5 nitrogen and oxygen atoms in total. The Bertz CT molecular complexity index is 794. The molecular formula is C30H52O5. The van der Waals surface area contributed by atoms with E-state index >= 15 is 0 Å². The molecule has 5 rings (SSSR count). The third-order valence-electron chi connectivity index (χ3n) is 13.6. The Morgan fingerprint density at radius 3 is 2.17 bits per heavy atom. The summed E-state index contributed by atoms with van der Waals surface area (Å²) in [7, 11) is 0. The summed E-state index contributed by atoms with van der Waals surface area (Å²) in [6, 6.07) is 0. The number of fused-ring (bicyclic) bond motifs is 5. The van der Waals surface area contributed by atoms with Crippen LogP contribution >= 0.6 is 0 Å². The van der Waals surface area contributed by atoms with Crippen LogP contribution < -0.4 is 0 Å². The van der Waals surface area contributed by atoms with E-state index in [4.69, 9.17) is 4.74 Å². The van der Waals surface area contributed by atoms with Gasteiger partial charge in [0.15, 0.2) is 0 Å². The Hall–Kier alpha value is -0.200. The largest absolute Gasteiger partial charge is 0.396 e. The summed E-state index contributed by atoms with van der Waals surface area (Å²) in [6.45, 7) is 12.5. The minimum Gasteiger partial charge on any atom is -0.396 e. The second-order valence-corrected chi connectivity index (χ2v) is 14.7. The van der Waals surface area contributed by atoms with Crippen LogP contribution in [-0.2, 0) is 4.74 Å². The molecule has 5 heteroatoms. The summed E-state index contributed by atoms with van der Waals surface area (Å²) in [5, 5.41) is 42.9. The Kier molecular flexibility index (Phi) is 6.53. The molecule has 1 saturated heterocycles. The predicted molar refractivity (Wildman–Crippen MR) is 137 cm³/mol. The molecule has 4 aliphatic carbocycles. The van der Waals surface area contributed by atoms with E-state index in [1.807, 2.05) is 0 Å². The molecule has 1 heterocycles. The number of ether oxygens (including phenoxy) is 1. The van der Waals surface area contributed by atoms with Crippen LogP contribution in [0.4, 0.5) is 0 Å². The van der Waals surface area contributed by atoms with Crippen LogP contribution in [0.3, 0.4) is 0 Å². The fourth-order valence-electron chi connectivity index (χ4n) is 10.9. The quantitative estimate of drug-likeness (QED) is 0.464. The average Bonchev–Trinajstić information content (AvgIpc) is 2.85. The van der Waals surface area contributed by atoms with Crippen molar-refractivity contribution in [2.45, 2.75) is 117 Å². The molecule has 4 saturated carbocycles. The van der Waals surface area contributed by atoms with E-state index in [-0.39, 0.29) is 53.0 Å². The minimum atomic E-state index is -0.415. The van der Waals surface area contributed by atoms with Gasteiger partial charge in [-0.3, -0.25) is 0 Å². The Labute approximate surface area is 213 Å². The molecule has 35 heavy (non-hydrogen) atoms. The van der Waals surface area contributed by atoms with Crippen LogP contribution in [0.15, 0.2) is 0 Å². The molecule has 5 aliphatic rings. The van der Waals surface area contributed by atoms with E-state index in [1.165, 1.54) is 0 Å². The van der Waals surface area contributed by atoms with Gasteiger partial charge in [0, 0.05) is 23.4 Å². The van der Waals surface area contributed by atoms with Gasteiger partial charge in [0.05, 0.1) is 31.5 Å². The zero-order valence-electron chi connectivity index (χ0n) is 22.9. The van der Waals surface area contributed by atoms with Crippen LogP contribution in [0, 0.1) is 50.7 Å². The van der Waals surface area contributed by atoms with E-state index in [1.54, 1.807) is 0 Å². The van der Waals surface area contributed by atoms with E-state index in [0.717, 1.165) is 64.2 Å². The maximum absolute atomic E-state index is 12.0. The molecule has 4 N–H and O–H groups in total. The van der Waals surface area contributed by atoms with Gasteiger partial charge in [0.25, 0.3) is 0 Å². The second-order valence-electron chi connectivity index (χ2n) is 14.7. The van der Waals surface area contributed by atoms with Gasteiger partial charge in [0.1, 0.15) is 0 Å². The molecule has 1 aliphatic heterocycles. The van der Waals surface area contributed by atoms with E-state index in [9.17, 15) is 20.4 Å². The van der Waals surface area contributed by atoms with Gasteiger partial charge in [-0.05, 0) is 98.2 Å². The van der Waals surface area contributed by atoms with Gasteiger partial charge in [-0.2, -0.15) is 0 Å². The first kappa shape index (κ1) is 26.4. The van der Waals surface area contributed by atoms with Crippen LogP contribution in [0.2, 0.25) is 0 Å². The van der Waals surface area contributed by atoms with Crippen molar-refractivity contribution < 1.29 is 25.2 Å². The molecule has 5 fully saturated rings. The zero-order chi connectivity index (χ0) is 25.4. The summed E-state index contributed by atoms with van der Waals surface area (Å²) in [5.41, 5.74) is -0.171. The van der Waals surface area contributed by atoms with E-state index in [2.05, 4.69) is 34.6 Å². The van der Waals surface area contributed by atoms with E-state index in [0.29, 0.717) is 24.4 Å². The molecule has 12 atom stereocenters. The molecule has 0 unspecified atom stereocenters. The highest BCUT2D eigenvalue weighted by Crippen LogP contribution is 2.75. The summed E-state index contributed by atoms with van der Waals surface area (Å²) >= 11 is 0. The standard InChI is InChI=1S/C30H52O5/c1-19(16-31)21-8-13-30(18-35-21)15-14-28(4)20(25(30)34)6-7-23-26(2)11-10-24(33)27(3,17-32)22(26)9-12-29(23,28)5/h19-25,31-34H,6-18H2,1-5H3/t19-,20+,21-,22+,23+,24-,25+,26-,27-,28+,29+,30+/m0/s1. The molecule has 0 bridgehead atoms. The molecule has 0 amide bonds. The highest BCUT2D eigenvalue weighted by atomic mass is 16.5. The predicted octanol–water partition coefficient (Wildman–Crippen LogP) is 4.54. The highest BCUT2D eigenvalue weighted by Gasteiger charge is 2.70. The van der Waals surface area contributed by atoms with Crippen LogP contribution in [0.5, 0.6) is 0 Å². The van der Waals surface area contributed by atoms with Gasteiger partial charge < -0.3 is 25.2 Å². The molecule has 1 spiro atoms. The van der Waals surface area contributed by atoms with E-state index < -0.39 is 11.5 Å². The maximum atomic E-state index is 12.0. The monoisotopic (exact) mass is 492 g/mol. The summed E-state index contributed by atoms with van der Waals surface area (Å²) in [6.07, 6.45) is 9.69. The van der Waals surface area contributed by atoms with Gasteiger partial charge in [-0.1, -0.05) is 34.6 Å². The van der Waals surface area contributed by atoms with Crippen molar-refractivity contribution in [2.24, 2.45) is 50.7 Å². The van der Waals surface area contributed by atoms with Crippen LogP contribution in [-0.4, -0.2) is 58.6 Å². The second kappa shape index (κ2) is 8.66. The molecule has 202 valence electrons. The van der Waals surface area contributed by atoms with Crippen molar-refractivity contribution in [3.8, 4) is 0 Å². The van der Waals surface area contributed by atoms with Crippen LogP contribution in [0.1, 0.15) is 98.8 Å². The first-order valence-corrected chi connectivity index (χ1v) is 14.6. The highest BCUT2D eigenvalue weighted by molar-refractivity contribution is 5.18. The molecule has 0 aromatic heterocycles. The Balaban J connectivity index is 1.41. The fourth-order valence-corrected chi connectivity index (χ4v) is 10.9. The van der Waals surface area contributed by atoms with Gasteiger partial charge in [-0.25, -0.2) is 0 Å². The normalized spacial score (nSPS) is 57.2. The lowest BCUT2D eigenvalue weighted by Gasteiger charge is -2.72. The summed E-state index contributed by atoms with van der Waals surface area (Å²) in [5.74, 6) is 1.36. The molecular weight excluding hydrogens is 440 g/mol. The van der Waals surface area contributed by atoms with Crippen molar-refractivity contribution in [1.29, 1.82) is 0 Å². The third-order valence-corrected chi connectivity index (χ3v) is 13.6. The van der Waals surface area contributed by atoms with Crippen molar-refractivity contribution >= 4 is 0 Å². The lowest BCUT2D eigenvalue weighted by molar-refractivity contribution is -0.271. The number of hydrogen-bond donors (Lipinski definition) is 4. The first-order chi connectivity index (χ1) is 16.4. The number of hydrogen-bond acceptors (Lipinski definition) is 5. The van der Waals surface area contributed by atoms with Gasteiger partial charge in [0.2, 0.25) is 0 Å².